The van der Waals surface area contributed by atoms with Gasteiger partial charge in [-0.25, -0.2) is 4.98 Å². The minimum absolute atomic E-state index is 0.0744. The number of thioether (sulfide) groups is 1. The molecule has 0 unspecified atom stereocenters. The number of H-pyrrole nitrogens is 1. The summed E-state index contributed by atoms with van der Waals surface area (Å²) in [6.45, 7) is 4.77. The molecule has 0 saturated heterocycles. The number of hydrogen-bond donors (Lipinski definition) is 2. The minimum Gasteiger partial charge on any atom is -0.310 e. The maximum Gasteiger partial charge on any atom is 0.251 e. The number of aromatic nitrogens is 2. The topological polar surface area (TPSA) is 57.8 Å². The molecule has 4 nitrogen and oxygen atoms in total. The zero-order chi connectivity index (χ0) is 11.3. The third-order valence-electron chi connectivity index (χ3n) is 1.82. The highest BCUT2D eigenvalue weighted by molar-refractivity contribution is 7.97. The van der Waals surface area contributed by atoms with E-state index in [1.54, 1.807) is 17.8 Å². The van der Waals surface area contributed by atoms with E-state index in [4.69, 9.17) is 0 Å². The van der Waals surface area contributed by atoms with Crippen LogP contribution in [0.25, 0.3) is 0 Å². The monoisotopic (exact) mass is 227 g/mol. The van der Waals surface area contributed by atoms with Crippen molar-refractivity contribution in [1.82, 2.24) is 15.3 Å². The van der Waals surface area contributed by atoms with Gasteiger partial charge in [0.25, 0.3) is 5.56 Å². The molecule has 1 aromatic rings. The van der Waals surface area contributed by atoms with Gasteiger partial charge in [-0.1, -0.05) is 13.8 Å². The maximum absolute atomic E-state index is 11.3. The number of hydrogen-bond acceptors (Lipinski definition) is 4. The van der Waals surface area contributed by atoms with Gasteiger partial charge in [-0.15, -0.1) is 0 Å². The molecule has 1 aromatic heterocycles. The molecule has 84 valence electrons. The van der Waals surface area contributed by atoms with E-state index in [1.165, 1.54) is 0 Å². The van der Waals surface area contributed by atoms with E-state index in [2.05, 4.69) is 29.1 Å². The summed E-state index contributed by atoms with van der Waals surface area (Å²) in [5.41, 5.74) is 0.728. The fourth-order valence-electron chi connectivity index (χ4n) is 1.17. The van der Waals surface area contributed by atoms with Gasteiger partial charge in [0.05, 0.1) is 11.4 Å². The number of nitrogens with one attached hydrogen (secondary N) is 2. The first kappa shape index (κ1) is 12.3. The van der Waals surface area contributed by atoms with E-state index in [0.717, 1.165) is 17.3 Å². The highest BCUT2D eigenvalue weighted by Gasteiger charge is 2.01. The predicted octanol–water partition coefficient (Wildman–Crippen LogP) is 1.13. The number of nitrogens with zero attached hydrogens (tertiary/aromatic N) is 1. The average Bonchev–Trinajstić information content (AvgIpc) is 2.14. The van der Waals surface area contributed by atoms with Gasteiger partial charge in [-0.05, 0) is 6.26 Å². The van der Waals surface area contributed by atoms with Crippen LogP contribution >= 0.6 is 11.8 Å². The van der Waals surface area contributed by atoms with Gasteiger partial charge < -0.3 is 10.3 Å². The molecule has 15 heavy (non-hydrogen) atoms. The Morgan fingerprint density at radius 2 is 2.33 bits per heavy atom. The van der Waals surface area contributed by atoms with Crippen LogP contribution in [0.5, 0.6) is 0 Å². The van der Waals surface area contributed by atoms with Crippen molar-refractivity contribution in [3.8, 4) is 0 Å². The highest BCUT2D eigenvalue weighted by Crippen LogP contribution is 2.02. The van der Waals surface area contributed by atoms with Gasteiger partial charge in [0, 0.05) is 18.7 Å². The molecule has 0 bridgehead atoms. The first-order valence-corrected chi connectivity index (χ1v) is 6.32. The van der Waals surface area contributed by atoms with Crippen LogP contribution in [0.4, 0.5) is 0 Å². The lowest BCUT2D eigenvalue weighted by Gasteiger charge is -2.07. The second kappa shape index (κ2) is 5.92. The van der Waals surface area contributed by atoms with E-state index in [1.807, 2.05) is 6.26 Å². The smallest absolute Gasteiger partial charge is 0.251 e. The van der Waals surface area contributed by atoms with Crippen LogP contribution in [0.3, 0.4) is 0 Å². The second-order valence-corrected chi connectivity index (χ2v) is 4.52. The molecule has 5 heteroatoms. The third kappa shape index (κ3) is 4.48. The molecule has 0 aliphatic carbocycles. The Balaban J connectivity index is 2.75. The van der Waals surface area contributed by atoms with Crippen molar-refractivity contribution < 1.29 is 0 Å². The first-order valence-electron chi connectivity index (χ1n) is 4.93. The lowest BCUT2D eigenvalue weighted by Crippen LogP contribution is -2.24. The lowest BCUT2D eigenvalue weighted by atomic mass is 10.3. The first-order chi connectivity index (χ1) is 7.11. The summed E-state index contributed by atoms with van der Waals surface area (Å²) in [6, 6.07) is 1.94. The van der Waals surface area contributed by atoms with E-state index in [9.17, 15) is 4.79 Å². The van der Waals surface area contributed by atoms with Crippen LogP contribution in [0.1, 0.15) is 25.4 Å². The Morgan fingerprint density at radius 1 is 1.60 bits per heavy atom. The molecule has 2 N–H and O–H groups in total. The molecule has 0 fully saturated rings. The Kier molecular flexibility index (Phi) is 4.84. The number of aromatic amines is 1. The van der Waals surface area contributed by atoms with Crippen LogP contribution < -0.4 is 10.9 Å². The van der Waals surface area contributed by atoms with Crippen molar-refractivity contribution in [2.75, 3.05) is 6.26 Å². The Morgan fingerprint density at radius 3 is 2.93 bits per heavy atom. The zero-order valence-electron chi connectivity index (χ0n) is 9.33. The molecule has 0 aliphatic rings. The zero-order valence-corrected chi connectivity index (χ0v) is 10.1. The molecule has 0 aliphatic heterocycles. The summed E-state index contributed by atoms with van der Waals surface area (Å²) in [6.07, 6.45) is 1.99. The fraction of sp³-hybridized carbons (Fsp3) is 0.600. The quantitative estimate of drug-likeness (QED) is 0.791. The van der Waals surface area contributed by atoms with Gasteiger partial charge in [-0.3, -0.25) is 4.79 Å². The fourth-order valence-corrected chi connectivity index (χ4v) is 1.58. The molecule has 1 heterocycles. The van der Waals surface area contributed by atoms with Gasteiger partial charge in [0.1, 0.15) is 5.82 Å². The van der Waals surface area contributed by atoms with Gasteiger partial charge in [0.2, 0.25) is 0 Å². The van der Waals surface area contributed by atoms with E-state index in [0.29, 0.717) is 12.6 Å². The maximum atomic E-state index is 11.3. The summed E-state index contributed by atoms with van der Waals surface area (Å²) in [5, 5.41) is 3.24. The third-order valence-corrected chi connectivity index (χ3v) is 2.38. The van der Waals surface area contributed by atoms with E-state index >= 15 is 0 Å². The van der Waals surface area contributed by atoms with Crippen molar-refractivity contribution >= 4 is 11.8 Å². The number of rotatable bonds is 5. The van der Waals surface area contributed by atoms with Crippen molar-refractivity contribution in [1.29, 1.82) is 0 Å². The standard InChI is InChI=1S/C10H17N3OS/c1-7(2)11-5-8-4-10(14)13-9(12-8)6-15-3/h4,7,11H,5-6H2,1-3H3,(H,12,13,14). The molecule has 0 amide bonds. The summed E-state index contributed by atoms with van der Waals surface area (Å²) in [5.74, 6) is 1.49. The normalized spacial score (nSPS) is 10.9. The molecule has 1 rings (SSSR count). The molecule has 0 saturated carbocycles. The van der Waals surface area contributed by atoms with E-state index < -0.39 is 0 Å². The molecular weight excluding hydrogens is 210 g/mol. The van der Waals surface area contributed by atoms with Crippen molar-refractivity contribution in [2.24, 2.45) is 0 Å². The summed E-state index contributed by atoms with van der Waals surface area (Å²) < 4.78 is 0. The molecule has 0 aromatic carbocycles. The van der Waals surface area contributed by atoms with Crippen LogP contribution in [-0.4, -0.2) is 22.3 Å². The van der Waals surface area contributed by atoms with Gasteiger partial charge in [-0.2, -0.15) is 11.8 Å². The minimum atomic E-state index is -0.0744. The molecule has 0 spiro atoms. The Hall–Kier alpha value is -0.810. The van der Waals surface area contributed by atoms with Crippen LogP contribution in [0, 0.1) is 0 Å². The summed E-state index contributed by atoms with van der Waals surface area (Å²) in [4.78, 5) is 18.4. The predicted molar refractivity (Wildman–Crippen MR) is 64.1 cm³/mol. The molecule has 0 atom stereocenters. The van der Waals surface area contributed by atoms with E-state index in [-0.39, 0.29) is 5.56 Å². The van der Waals surface area contributed by atoms with Crippen molar-refractivity contribution in [3.63, 3.8) is 0 Å². The Labute approximate surface area is 93.9 Å². The SMILES string of the molecule is CSCc1nc(CNC(C)C)cc(=O)[nH]1. The summed E-state index contributed by atoms with van der Waals surface area (Å²) in [7, 11) is 0. The van der Waals surface area contributed by atoms with Crippen molar-refractivity contribution in [2.45, 2.75) is 32.2 Å². The molecule has 0 radical (unpaired) electrons. The highest BCUT2D eigenvalue weighted by atomic mass is 32.2. The summed E-state index contributed by atoms with van der Waals surface area (Å²) >= 11 is 1.64. The lowest BCUT2D eigenvalue weighted by molar-refractivity contribution is 0.579. The van der Waals surface area contributed by atoms with Crippen molar-refractivity contribution in [3.05, 3.63) is 27.9 Å². The van der Waals surface area contributed by atoms with Gasteiger partial charge in [0.15, 0.2) is 0 Å². The second-order valence-electron chi connectivity index (χ2n) is 3.65. The molecular formula is C10H17N3OS. The van der Waals surface area contributed by atoms with Crippen LogP contribution in [0.2, 0.25) is 0 Å². The largest absolute Gasteiger partial charge is 0.310 e. The van der Waals surface area contributed by atoms with Crippen LogP contribution in [0.15, 0.2) is 10.9 Å². The van der Waals surface area contributed by atoms with Crippen LogP contribution in [-0.2, 0) is 12.3 Å². The average molecular weight is 227 g/mol. The van der Waals surface area contributed by atoms with Gasteiger partial charge >= 0.3 is 0 Å². The Bertz CT molecular complexity index is 362.